The zero-order valence-electron chi connectivity index (χ0n) is 12.0. The maximum Gasteiger partial charge on any atom is 0.339 e. The third-order valence-electron chi connectivity index (χ3n) is 4.01. The highest BCUT2D eigenvalue weighted by Crippen LogP contribution is 2.32. The van der Waals surface area contributed by atoms with Crippen molar-refractivity contribution in [3.63, 3.8) is 0 Å². The van der Waals surface area contributed by atoms with Gasteiger partial charge in [0.2, 0.25) is 0 Å². The van der Waals surface area contributed by atoms with Gasteiger partial charge in [-0.15, -0.1) is 0 Å². The highest BCUT2D eigenvalue weighted by molar-refractivity contribution is 6.04. The SMILES string of the molecule is COC1CCCN(c2c(C(=O)O)cnc3ccccc23)C1. The van der Waals surface area contributed by atoms with Crippen molar-refractivity contribution in [1.82, 2.24) is 4.98 Å². The molecule has 1 atom stereocenters. The molecule has 2 aromatic rings. The predicted molar refractivity (Wildman–Crippen MR) is 80.9 cm³/mol. The second kappa shape index (κ2) is 5.69. The molecule has 0 spiro atoms. The Bertz CT molecular complexity index is 672. The number of rotatable bonds is 3. The summed E-state index contributed by atoms with van der Waals surface area (Å²) in [6, 6.07) is 7.66. The summed E-state index contributed by atoms with van der Waals surface area (Å²) in [5, 5.41) is 10.4. The van der Waals surface area contributed by atoms with E-state index < -0.39 is 5.97 Å². The number of carboxylic acids is 1. The molecule has 21 heavy (non-hydrogen) atoms. The van der Waals surface area contributed by atoms with Crippen LogP contribution in [0.15, 0.2) is 30.5 Å². The predicted octanol–water partition coefficient (Wildman–Crippen LogP) is 2.55. The topological polar surface area (TPSA) is 62.7 Å². The molecule has 5 heteroatoms. The quantitative estimate of drug-likeness (QED) is 0.939. The van der Waals surface area contributed by atoms with Crippen LogP contribution in [0.2, 0.25) is 0 Å². The minimum absolute atomic E-state index is 0.146. The van der Waals surface area contributed by atoms with E-state index in [1.807, 2.05) is 24.3 Å². The Labute approximate surface area is 123 Å². The molecule has 0 radical (unpaired) electrons. The summed E-state index contributed by atoms with van der Waals surface area (Å²) in [7, 11) is 1.71. The van der Waals surface area contributed by atoms with Crippen molar-refractivity contribution in [1.29, 1.82) is 0 Å². The number of hydrogen-bond acceptors (Lipinski definition) is 4. The van der Waals surface area contributed by atoms with E-state index in [4.69, 9.17) is 4.74 Å². The van der Waals surface area contributed by atoms with E-state index in [2.05, 4.69) is 9.88 Å². The van der Waals surface area contributed by atoms with Crippen LogP contribution in [0.4, 0.5) is 5.69 Å². The van der Waals surface area contributed by atoms with E-state index in [9.17, 15) is 9.90 Å². The van der Waals surface area contributed by atoms with E-state index in [-0.39, 0.29) is 11.7 Å². The lowest BCUT2D eigenvalue weighted by Gasteiger charge is -2.35. The van der Waals surface area contributed by atoms with Crippen LogP contribution in [0, 0.1) is 0 Å². The Hall–Kier alpha value is -2.14. The number of aromatic nitrogens is 1. The molecule has 3 rings (SSSR count). The number of pyridine rings is 1. The number of carboxylic acid groups (broad SMARTS) is 1. The van der Waals surface area contributed by atoms with Gasteiger partial charge in [0.25, 0.3) is 0 Å². The maximum absolute atomic E-state index is 11.6. The molecule has 1 aromatic carbocycles. The molecular weight excluding hydrogens is 268 g/mol. The Morgan fingerprint density at radius 2 is 2.24 bits per heavy atom. The van der Waals surface area contributed by atoms with Gasteiger partial charge in [-0.1, -0.05) is 18.2 Å². The lowest BCUT2D eigenvalue weighted by atomic mass is 10.0. The molecule has 110 valence electrons. The first-order valence-electron chi connectivity index (χ1n) is 7.09. The van der Waals surface area contributed by atoms with Crippen LogP contribution >= 0.6 is 0 Å². The number of aromatic carboxylic acids is 1. The molecular formula is C16H18N2O3. The number of anilines is 1. The highest BCUT2D eigenvalue weighted by atomic mass is 16.5. The maximum atomic E-state index is 11.6. The number of carbonyl (C=O) groups is 1. The Morgan fingerprint density at radius 3 is 3.00 bits per heavy atom. The van der Waals surface area contributed by atoms with E-state index in [0.717, 1.165) is 36.0 Å². The van der Waals surface area contributed by atoms with E-state index in [1.165, 1.54) is 6.20 Å². The number of nitrogens with zero attached hydrogens (tertiary/aromatic N) is 2. The van der Waals surface area contributed by atoms with E-state index in [1.54, 1.807) is 7.11 Å². The lowest BCUT2D eigenvalue weighted by molar-refractivity contribution is 0.0695. The normalized spacial score (nSPS) is 18.9. The largest absolute Gasteiger partial charge is 0.478 e. The number of methoxy groups -OCH3 is 1. The number of hydrogen-bond donors (Lipinski definition) is 1. The van der Waals surface area contributed by atoms with Crippen molar-refractivity contribution >= 4 is 22.6 Å². The average molecular weight is 286 g/mol. The second-order valence-corrected chi connectivity index (χ2v) is 5.29. The van der Waals surface area contributed by atoms with Crippen molar-refractivity contribution in [2.75, 3.05) is 25.1 Å². The van der Waals surface area contributed by atoms with Crippen LogP contribution in [0.5, 0.6) is 0 Å². The minimum atomic E-state index is -0.942. The van der Waals surface area contributed by atoms with Crippen LogP contribution in [0.25, 0.3) is 10.9 Å². The Balaban J connectivity index is 2.14. The van der Waals surface area contributed by atoms with Gasteiger partial charge in [0, 0.05) is 31.8 Å². The first-order chi connectivity index (χ1) is 10.2. The van der Waals surface area contributed by atoms with Gasteiger partial charge in [-0.25, -0.2) is 4.79 Å². The molecule has 1 saturated heterocycles. The van der Waals surface area contributed by atoms with Crippen molar-refractivity contribution in [3.8, 4) is 0 Å². The molecule has 1 unspecified atom stereocenters. The van der Waals surface area contributed by atoms with Gasteiger partial charge in [0.05, 0.1) is 17.3 Å². The number of para-hydroxylation sites is 1. The number of fused-ring (bicyclic) bond motifs is 1. The lowest BCUT2D eigenvalue weighted by Crippen LogP contribution is -2.40. The summed E-state index contributed by atoms with van der Waals surface area (Å²) >= 11 is 0. The second-order valence-electron chi connectivity index (χ2n) is 5.29. The van der Waals surface area contributed by atoms with Crippen molar-refractivity contribution in [3.05, 3.63) is 36.0 Å². The molecule has 0 bridgehead atoms. The van der Waals surface area contributed by atoms with E-state index >= 15 is 0 Å². The Morgan fingerprint density at radius 1 is 1.43 bits per heavy atom. The van der Waals surface area contributed by atoms with Gasteiger partial charge in [-0.05, 0) is 18.9 Å². The molecule has 1 aliphatic rings. The van der Waals surface area contributed by atoms with Gasteiger partial charge in [-0.2, -0.15) is 0 Å². The summed E-state index contributed by atoms with van der Waals surface area (Å²) in [6.45, 7) is 1.55. The fraction of sp³-hybridized carbons (Fsp3) is 0.375. The first-order valence-corrected chi connectivity index (χ1v) is 7.09. The molecule has 1 aliphatic heterocycles. The smallest absolute Gasteiger partial charge is 0.339 e. The fourth-order valence-electron chi connectivity index (χ4n) is 2.96. The molecule has 1 N–H and O–H groups in total. The molecule has 2 heterocycles. The summed E-state index contributed by atoms with van der Waals surface area (Å²) < 4.78 is 5.45. The average Bonchev–Trinajstić information content (AvgIpc) is 2.53. The van der Waals surface area contributed by atoms with Crippen molar-refractivity contribution in [2.45, 2.75) is 18.9 Å². The number of ether oxygens (including phenoxy) is 1. The third kappa shape index (κ3) is 2.56. The molecule has 0 amide bonds. The summed E-state index contributed by atoms with van der Waals surface area (Å²) in [5.41, 5.74) is 1.83. The Kier molecular flexibility index (Phi) is 3.75. The molecule has 1 fully saturated rings. The standard InChI is InChI=1S/C16H18N2O3/c1-21-11-5-4-8-18(10-11)15-12-6-2-3-7-14(12)17-9-13(15)16(19)20/h2-3,6-7,9,11H,4-5,8,10H2,1H3,(H,19,20). The highest BCUT2D eigenvalue weighted by Gasteiger charge is 2.25. The number of benzene rings is 1. The van der Waals surface area contributed by atoms with Crippen LogP contribution in [0.1, 0.15) is 23.2 Å². The zero-order chi connectivity index (χ0) is 14.8. The fourth-order valence-corrected chi connectivity index (χ4v) is 2.96. The van der Waals surface area contributed by atoms with Gasteiger partial charge >= 0.3 is 5.97 Å². The van der Waals surface area contributed by atoms with Crippen LogP contribution in [-0.2, 0) is 4.74 Å². The van der Waals surface area contributed by atoms with Crippen LogP contribution in [-0.4, -0.2) is 42.4 Å². The summed E-state index contributed by atoms with van der Waals surface area (Å²) in [6.07, 6.45) is 3.61. The molecule has 1 aromatic heterocycles. The third-order valence-corrected chi connectivity index (χ3v) is 4.01. The minimum Gasteiger partial charge on any atom is -0.478 e. The van der Waals surface area contributed by atoms with Crippen molar-refractivity contribution in [2.24, 2.45) is 0 Å². The summed E-state index contributed by atoms with van der Waals surface area (Å²) in [4.78, 5) is 17.9. The summed E-state index contributed by atoms with van der Waals surface area (Å²) in [5.74, 6) is -0.942. The van der Waals surface area contributed by atoms with E-state index in [0.29, 0.717) is 6.54 Å². The molecule has 5 nitrogen and oxygen atoms in total. The van der Waals surface area contributed by atoms with Gasteiger partial charge in [0.1, 0.15) is 5.56 Å². The van der Waals surface area contributed by atoms with Gasteiger partial charge in [0.15, 0.2) is 0 Å². The molecule has 0 aliphatic carbocycles. The monoisotopic (exact) mass is 286 g/mol. The van der Waals surface area contributed by atoms with Gasteiger partial charge in [-0.3, -0.25) is 4.98 Å². The molecule has 0 saturated carbocycles. The zero-order valence-corrected chi connectivity index (χ0v) is 12.0. The van der Waals surface area contributed by atoms with Crippen LogP contribution in [0.3, 0.4) is 0 Å². The first kappa shape index (κ1) is 13.8. The van der Waals surface area contributed by atoms with Crippen molar-refractivity contribution < 1.29 is 14.6 Å². The number of piperidine rings is 1. The van der Waals surface area contributed by atoms with Gasteiger partial charge < -0.3 is 14.7 Å². The van der Waals surface area contributed by atoms with Crippen LogP contribution < -0.4 is 4.90 Å².